The van der Waals surface area contributed by atoms with Crippen LogP contribution in [0.3, 0.4) is 0 Å². The van der Waals surface area contributed by atoms with Crippen molar-refractivity contribution in [3.05, 3.63) is 108 Å². The van der Waals surface area contributed by atoms with Gasteiger partial charge in [-0.15, -0.1) is 0 Å². The fourth-order valence-electron chi connectivity index (χ4n) is 4.49. The highest BCUT2D eigenvalue weighted by atomic mass is 19.1. The molecule has 1 aliphatic rings. The van der Waals surface area contributed by atoms with Gasteiger partial charge < -0.3 is 14.2 Å². The molecular weight excluding hydrogens is 523 g/mol. The second-order valence-electron chi connectivity index (χ2n) is 10.4. The third-order valence-corrected chi connectivity index (χ3v) is 6.63. The van der Waals surface area contributed by atoms with E-state index in [1.165, 1.54) is 43.7 Å². The van der Waals surface area contributed by atoms with Gasteiger partial charge in [-0.1, -0.05) is 50.1 Å². The van der Waals surface area contributed by atoms with E-state index in [1.807, 2.05) is 18.2 Å². The predicted octanol–water partition coefficient (Wildman–Crippen LogP) is 6.96. The lowest BCUT2D eigenvalue weighted by Crippen LogP contribution is -2.14. The molecule has 0 heterocycles. The Hall–Kier alpha value is -4.78. The van der Waals surface area contributed by atoms with Gasteiger partial charge in [-0.2, -0.15) is 0 Å². The Morgan fingerprint density at radius 3 is 1.80 bits per heavy atom. The second-order valence-corrected chi connectivity index (χ2v) is 10.4. The molecule has 3 aromatic carbocycles. The lowest BCUT2D eigenvalue weighted by atomic mass is 9.97. The summed E-state index contributed by atoms with van der Waals surface area (Å²) in [7, 11) is 0. The van der Waals surface area contributed by atoms with E-state index < -0.39 is 23.7 Å². The van der Waals surface area contributed by atoms with Gasteiger partial charge in [-0.25, -0.2) is 18.8 Å². The van der Waals surface area contributed by atoms with Gasteiger partial charge in [0.05, 0.1) is 6.61 Å². The van der Waals surface area contributed by atoms with Gasteiger partial charge in [0.15, 0.2) is 0 Å². The standard InChI is InChI=1S/C34H31FO6/c1-19(2)32(36)39-18-22-11-23-7-8-24(13-26(23)12-22)25-9-10-30(31(35)16-25)27-14-28(40-33(37)20(3)4)17-29(15-27)41-34(38)21(5)6/h7-10,13-17,22H,1,3,5,11-12,18H2,2,4,6H3. The van der Waals surface area contributed by atoms with Crippen LogP contribution in [-0.4, -0.2) is 24.5 Å². The summed E-state index contributed by atoms with van der Waals surface area (Å²) in [6.45, 7) is 15.7. The molecule has 3 aromatic rings. The summed E-state index contributed by atoms with van der Waals surface area (Å²) in [6.07, 6.45) is 1.56. The molecule has 0 saturated carbocycles. The van der Waals surface area contributed by atoms with Crippen molar-refractivity contribution in [3.8, 4) is 33.8 Å². The highest BCUT2D eigenvalue weighted by Crippen LogP contribution is 2.36. The average molecular weight is 555 g/mol. The van der Waals surface area contributed by atoms with Crippen molar-refractivity contribution in [2.75, 3.05) is 6.61 Å². The molecule has 0 aromatic heterocycles. The molecule has 7 heteroatoms. The summed E-state index contributed by atoms with van der Waals surface area (Å²) in [5, 5.41) is 0. The van der Waals surface area contributed by atoms with Crippen LogP contribution in [0.25, 0.3) is 22.3 Å². The topological polar surface area (TPSA) is 78.9 Å². The molecule has 41 heavy (non-hydrogen) atoms. The predicted molar refractivity (Wildman–Crippen MR) is 155 cm³/mol. The number of fused-ring (bicyclic) bond motifs is 1. The Morgan fingerprint density at radius 1 is 0.707 bits per heavy atom. The minimum Gasteiger partial charge on any atom is -0.462 e. The summed E-state index contributed by atoms with van der Waals surface area (Å²) in [5.74, 6) is -1.89. The first-order chi connectivity index (χ1) is 19.4. The van der Waals surface area contributed by atoms with Gasteiger partial charge in [0, 0.05) is 34.3 Å². The van der Waals surface area contributed by atoms with E-state index in [0.29, 0.717) is 23.3 Å². The number of carbonyl (C=O) groups is 3. The van der Waals surface area contributed by atoms with E-state index in [4.69, 9.17) is 14.2 Å². The molecule has 1 aliphatic carbocycles. The summed E-state index contributed by atoms with van der Waals surface area (Å²) in [5.41, 5.74) is 5.18. The molecule has 0 N–H and O–H groups in total. The number of carbonyl (C=O) groups excluding carboxylic acids is 3. The van der Waals surface area contributed by atoms with Crippen LogP contribution in [0.1, 0.15) is 31.9 Å². The van der Waals surface area contributed by atoms with Gasteiger partial charge in [0.2, 0.25) is 0 Å². The van der Waals surface area contributed by atoms with Crippen molar-refractivity contribution >= 4 is 17.9 Å². The second kappa shape index (κ2) is 12.2. The molecule has 0 aliphatic heterocycles. The molecule has 1 atom stereocenters. The monoisotopic (exact) mass is 554 g/mol. The van der Waals surface area contributed by atoms with Gasteiger partial charge in [-0.3, -0.25) is 0 Å². The Labute approximate surface area is 238 Å². The summed E-state index contributed by atoms with van der Waals surface area (Å²) in [6, 6.07) is 15.2. The van der Waals surface area contributed by atoms with E-state index in [0.717, 1.165) is 24.0 Å². The SMILES string of the molecule is C=C(C)C(=O)OCC1Cc2ccc(-c3ccc(-c4cc(OC(=O)C(=C)C)cc(OC(=O)C(=C)C)c4)c(F)c3)cc2C1. The Morgan fingerprint density at radius 2 is 1.24 bits per heavy atom. The van der Waals surface area contributed by atoms with Crippen LogP contribution < -0.4 is 9.47 Å². The highest BCUT2D eigenvalue weighted by molar-refractivity contribution is 5.90. The van der Waals surface area contributed by atoms with Crippen LogP contribution in [0.5, 0.6) is 11.5 Å². The Balaban J connectivity index is 1.59. The number of ether oxygens (including phenoxy) is 3. The van der Waals surface area contributed by atoms with E-state index >= 15 is 4.39 Å². The van der Waals surface area contributed by atoms with Crippen LogP contribution in [-0.2, 0) is 32.0 Å². The normalized spacial score (nSPS) is 13.6. The molecule has 0 fully saturated rings. The van der Waals surface area contributed by atoms with Crippen molar-refractivity contribution < 1.29 is 33.0 Å². The first-order valence-electron chi connectivity index (χ1n) is 13.1. The summed E-state index contributed by atoms with van der Waals surface area (Å²) in [4.78, 5) is 36.0. The molecule has 1 unspecified atom stereocenters. The highest BCUT2D eigenvalue weighted by Gasteiger charge is 2.24. The molecule has 0 spiro atoms. The maximum atomic E-state index is 15.5. The zero-order valence-corrected chi connectivity index (χ0v) is 23.3. The van der Waals surface area contributed by atoms with E-state index in [9.17, 15) is 14.4 Å². The summed E-state index contributed by atoms with van der Waals surface area (Å²) >= 11 is 0. The number of rotatable bonds is 9. The molecule has 0 saturated heterocycles. The fraction of sp³-hybridized carbons (Fsp3) is 0.206. The number of hydrogen-bond donors (Lipinski definition) is 0. The van der Waals surface area contributed by atoms with E-state index in [2.05, 4.69) is 19.7 Å². The van der Waals surface area contributed by atoms with Gasteiger partial charge in [0.1, 0.15) is 17.3 Å². The average Bonchev–Trinajstić information content (AvgIpc) is 3.33. The van der Waals surface area contributed by atoms with Crippen molar-refractivity contribution in [3.63, 3.8) is 0 Å². The molecule has 0 bridgehead atoms. The van der Waals surface area contributed by atoms with Gasteiger partial charge in [-0.05, 0) is 79.6 Å². The Kier molecular flexibility index (Phi) is 8.67. The Bertz CT molecular complexity index is 1550. The zero-order chi connectivity index (χ0) is 29.8. The molecule has 0 radical (unpaired) electrons. The van der Waals surface area contributed by atoms with Gasteiger partial charge >= 0.3 is 17.9 Å². The van der Waals surface area contributed by atoms with E-state index in [-0.39, 0.29) is 34.1 Å². The number of benzene rings is 3. The van der Waals surface area contributed by atoms with Crippen molar-refractivity contribution in [1.82, 2.24) is 0 Å². The minimum atomic E-state index is -0.664. The zero-order valence-electron chi connectivity index (χ0n) is 23.3. The quantitative estimate of drug-likeness (QED) is 0.162. The van der Waals surface area contributed by atoms with Crippen molar-refractivity contribution in [2.24, 2.45) is 5.92 Å². The summed E-state index contributed by atoms with van der Waals surface area (Å²) < 4.78 is 31.6. The third kappa shape index (κ3) is 7.06. The number of esters is 3. The van der Waals surface area contributed by atoms with Crippen molar-refractivity contribution in [1.29, 1.82) is 0 Å². The van der Waals surface area contributed by atoms with E-state index in [1.54, 1.807) is 19.1 Å². The number of hydrogen-bond acceptors (Lipinski definition) is 6. The molecule has 0 amide bonds. The lowest BCUT2D eigenvalue weighted by molar-refractivity contribution is -0.140. The molecule has 210 valence electrons. The molecule has 4 rings (SSSR count). The minimum absolute atomic E-state index is 0.0746. The van der Waals surface area contributed by atoms with Crippen LogP contribution in [0.4, 0.5) is 4.39 Å². The van der Waals surface area contributed by atoms with Crippen LogP contribution in [0.15, 0.2) is 91.1 Å². The smallest absolute Gasteiger partial charge is 0.338 e. The van der Waals surface area contributed by atoms with Crippen LogP contribution in [0, 0.1) is 11.7 Å². The van der Waals surface area contributed by atoms with Crippen molar-refractivity contribution in [2.45, 2.75) is 33.6 Å². The van der Waals surface area contributed by atoms with Crippen LogP contribution >= 0.6 is 0 Å². The maximum absolute atomic E-state index is 15.5. The lowest BCUT2D eigenvalue weighted by Gasteiger charge is -2.13. The third-order valence-electron chi connectivity index (χ3n) is 6.63. The van der Waals surface area contributed by atoms with Gasteiger partial charge in [0.25, 0.3) is 0 Å². The maximum Gasteiger partial charge on any atom is 0.338 e. The first-order valence-corrected chi connectivity index (χ1v) is 13.1. The largest absolute Gasteiger partial charge is 0.462 e. The molecular formula is C34H31FO6. The first kappa shape index (κ1) is 29.2. The molecule has 6 nitrogen and oxygen atoms in total. The number of halogens is 1. The fourth-order valence-corrected chi connectivity index (χ4v) is 4.49. The van der Waals surface area contributed by atoms with Crippen LogP contribution in [0.2, 0.25) is 0 Å².